The summed E-state index contributed by atoms with van der Waals surface area (Å²) in [6.07, 6.45) is 1.67. The lowest BCUT2D eigenvalue weighted by Gasteiger charge is -2.12. The molecule has 0 spiro atoms. The third-order valence-electron chi connectivity index (χ3n) is 5.81. The lowest BCUT2D eigenvalue weighted by Crippen LogP contribution is -2.31. The largest absolute Gasteiger partial charge is 0.367 e. The molecule has 0 atom stereocenters. The molecular weight excluding hydrogens is 456 g/mol. The average Bonchev–Trinajstić information content (AvgIpc) is 3.27. The Kier molecular flexibility index (Phi) is 8.06. The average molecular weight is 489 g/mol. The molecule has 2 heterocycles. The van der Waals surface area contributed by atoms with Crippen LogP contribution in [0.1, 0.15) is 39.4 Å². The maximum atomic E-state index is 12.6. The summed E-state index contributed by atoms with van der Waals surface area (Å²) in [5.74, 6) is 1.17. The van der Waals surface area contributed by atoms with E-state index in [0.29, 0.717) is 48.1 Å². The highest BCUT2D eigenvalue weighted by atomic mass is 16.2. The lowest BCUT2D eigenvalue weighted by molar-refractivity contribution is 0.0944. The second-order valence-corrected chi connectivity index (χ2v) is 8.89. The molecule has 188 valence electrons. The molecular formula is C26H32N8O2. The number of amides is 2. The van der Waals surface area contributed by atoms with Gasteiger partial charge in [-0.15, -0.1) is 10.2 Å². The van der Waals surface area contributed by atoms with E-state index in [2.05, 4.69) is 26.1 Å². The Morgan fingerprint density at radius 2 is 1.61 bits per heavy atom. The third-order valence-corrected chi connectivity index (χ3v) is 5.81. The van der Waals surface area contributed by atoms with Crippen molar-refractivity contribution in [2.24, 2.45) is 0 Å². The van der Waals surface area contributed by atoms with E-state index in [-0.39, 0.29) is 11.8 Å². The summed E-state index contributed by atoms with van der Waals surface area (Å²) in [4.78, 5) is 31.5. The Hall–Kier alpha value is -4.05. The Bertz CT molecular complexity index is 1350. The van der Waals surface area contributed by atoms with Gasteiger partial charge in [-0.25, -0.2) is 4.98 Å². The number of carbonyl (C=O) groups excluding carboxylic acids is 2. The normalized spacial score (nSPS) is 11.2. The van der Waals surface area contributed by atoms with Gasteiger partial charge in [0.05, 0.1) is 11.0 Å². The van der Waals surface area contributed by atoms with Crippen molar-refractivity contribution >= 4 is 34.3 Å². The first kappa shape index (κ1) is 25.1. The summed E-state index contributed by atoms with van der Waals surface area (Å²) in [7, 11) is 3.93. The van der Waals surface area contributed by atoms with Gasteiger partial charge in [-0.3, -0.25) is 14.0 Å². The van der Waals surface area contributed by atoms with Gasteiger partial charge in [-0.1, -0.05) is 18.2 Å². The van der Waals surface area contributed by atoms with Crippen molar-refractivity contribution in [3.63, 3.8) is 0 Å². The molecule has 3 N–H and O–H groups in total. The summed E-state index contributed by atoms with van der Waals surface area (Å²) < 4.78 is 1.92. The fourth-order valence-electron chi connectivity index (χ4n) is 3.88. The fourth-order valence-corrected chi connectivity index (χ4v) is 3.88. The number of nitrogens with one attached hydrogen (secondary N) is 3. The van der Waals surface area contributed by atoms with Gasteiger partial charge in [0.25, 0.3) is 11.8 Å². The molecule has 0 bridgehead atoms. The first-order chi connectivity index (χ1) is 17.4. The molecule has 0 aliphatic rings. The maximum absolute atomic E-state index is 12.6. The molecule has 4 rings (SSSR count). The first-order valence-electron chi connectivity index (χ1n) is 12.1. The monoisotopic (exact) mass is 488 g/mol. The van der Waals surface area contributed by atoms with E-state index in [4.69, 9.17) is 4.98 Å². The second kappa shape index (κ2) is 11.6. The van der Waals surface area contributed by atoms with Gasteiger partial charge in [0, 0.05) is 37.3 Å². The Labute approximate surface area is 210 Å². The second-order valence-electron chi connectivity index (χ2n) is 8.89. The molecule has 0 saturated heterocycles. The van der Waals surface area contributed by atoms with Crippen LogP contribution in [-0.4, -0.2) is 76.6 Å². The molecule has 0 saturated carbocycles. The molecule has 0 radical (unpaired) electrons. The van der Waals surface area contributed by atoms with E-state index in [1.807, 2.05) is 60.7 Å². The fraction of sp³-hybridized carbons (Fsp3) is 0.346. The van der Waals surface area contributed by atoms with Gasteiger partial charge in [0.15, 0.2) is 5.82 Å². The van der Waals surface area contributed by atoms with Crippen molar-refractivity contribution in [3.05, 3.63) is 65.5 Å². The maximum Gasteiger partial charge on any atom is 0.251 e. The smallest absolute Gasteiger partial charge is 0.251 e. The van der Waals surface area contributed by atoms with E-state index in [0.717, 1.165) is 30.4 Å². The van der Waals surface area contributed by atoms with Crippen LogP contribution in [0.25, 0.3) is 16.7 Å². The molecule has 2 aromatic heterocycles. The van der Waals surface area contributed by atoms with E-state index in [1.165, 1.54) is 0 Å². The number of benzene rings is 2. The third kappa shape index (κ3) is 5.95. The van der Waals surface area contributed by atoms with E-state index in [1.54, 1.807) is 18.2 Å². The Morgan fingerprint density at radius 3 is 2.39 bits per heavy atom. The summed E-state index contributed by atoms with van der Waals surface area (Å²) in [6.45, 7) is 4.49. The SMILES string of the molecule is Cc1nnc2c(NCCCCNC(=O)c3ccccc3)nc3ccc(C(=O)NCCN(C)C)cc3n12. The molecule has 36 heavy (non-hydrogen) atoms. The molecule has 0 aliphatic carbocycles. The highest BCUT2D eigenvalue weighted by molar-refractivity contribution is 5.98. The minimum Gasteiger partial charge on any atom is -0.367 e. The highest BCUT2D eigenvalue weighted by Gasteiger charge is 2.15. The minimum atomic E-state index is -0.126. The standard InChI is InChI=1S/C26H32N8O2/c1-18-31-32-24-23(27-13-7-8-14-28-25(35)19-9-5-4-6-10-19)30-21-12-11-20(17-22(21)34(18)24)26(36)29-15-16-33(2)3/h4-6,9-12,17H,7-8,13-16H2,1-3H3,(H,27,30)(H,28,35)(H,29,36). The molecule has 2 amide bonds. The van der Waals surface area contributed by atoms with Crippen LogP contribution in [-0.2, 0) is 0 Å². The van der Waals surface area contributed by atoms with Crippen LogP contribution >= 0.6 is 0 Å². The van der Waals surface area contributed by atoms with Crippen molar-refractivity contribution in [1.82, 2.24) is 35.1 Å². The van der Waals surface area contributed by atoms with Crippen LogP contribution in [0.3, 0.4) is 0 Å². The van der Waals surface area contributed by atoms with E-state index < -0.39 is 0 Å². The molecule has 0 unspecified atom stereocenters. The number of unbranched alkanes of at least 4 members (excludes halogenated alkanes) is 1. The summed E-state index contributed by atoms with van der Waals surface area (Å²) in [6, 6.07) is 14.7. The van der Waals surface area contributed by atoms with Crippen LogP contribution in [0, 0.1) is 6.92 Å². The van der Waals surface area contributed by atoms with Gasteiger partial charge >= 0.3 is 0 Å². The van der Waals surface area contributed by atoms with Crippen LogP contribution in [0.4, 0.5) is 5.82 Å². The summed E-state index contributed by atoms with van der Waals surface area (Å²) in [5, 5.41) is 17.8. The zero-order valence-electron chi connectivity index (χ0n) is 20.9. The number of hydrogen-bond donors (Lipinski definition) is 3. The lowest BCUT2D eigenvalue weighted by atomic mass is 10.1. The van der Waals surface area contributed by atoms with Gasteiger partial charge in [0.2, 0.25) is 5.65 Å². The van der Waals surface area contributed by atoms with Gasteiger partial charge in [-0.05, 0) is 64.2 Å². The topological polar surface area (TPSA) is 117 Å². The van der Waals surface area contributed by atoms with Crippen molar-refractivity contribution < 1.29 is 9.59 Å². The van der Waals surface area contributed by atoms with Crippen molar-refractivity contribution in [3.8, 4) is 0 Å². The van der Waals surface area contributed by atoms with E-state index >= 15 is 0 Å². The molecule has 2 aromatic carbocycles. The van der Waals surface area contributed by atoms with Crippen molar-refractivity contribution in [2.45, 2.75) is 19.8 Å². The van der Waals surface area contributed by atoms with Gasteiger partial charge < -0.3 is 20.9 Å². The Balaban J connectivity index is 1.39. The number of likely N-dealkylation sites (N-methyl/N-ethyl adjacent to an activating group) is 1. The summed E-state index contributed by atoms with van der Waals surface area (Å²) >= 11 is 0. The summed E-state index contributed by atoms with van der Waals surface area (Å²) in [5.41, 5.74) is 3.36. The number of anilines is 1. The number of aryl methyl sites for hydroxylation is 1. The number of rotatable bonds is 11. The van der Waals surface area contributed by atoms with Gasteiger partial charge in [-0.2, -0.15) is 0 Å². The highest BCUT2D eigenvalue weighted by Crippen LogP contribution is 2.23. The Morgan fingerprint density at radius 1 is 0.889 bits per heavy atom. The minimum absolute atomic E-state index is 0.0638. The molecule has 0 fully saturated rings. The van der Waals surface area contributed by atoms with Gasteiger partial charge in [0.1, 0.15) is 5.82 Å². The molecule has 10 nitrogen and oxygen atoms in total. The number of hydrogen-bond acceptors (Lipinski definition) is 7. The van der Waals surface area contributed by atoms with Crippen molar-refractivity contribution in [1.29, 1.82) is 0 Å². The first-order valence-corrected chi connectivity index (χ1v) is 12.1. The van der Waals surface area contributed by atoms with E-state index in [9.17, 15) is 9.59 Å². The van der Waals surface area contributed by atoms with Crippen LogP contribution < -0.4 is 16.0 Å². The zero-order valence-corrected chi connectivity index (χ0v) is 20.9. The number of carbonyl (C=O) groups is 2. The van der Waals surface area contributed by atoms with Crippen LogP contribution in [0.5, 0.6) is 0 Å². The number of nitrogens with zero attached hydrogens (tertiary/aromatic N) is 5. The molecule has 10 heteroatoms. The number of aromatic nitrogens is 4. The predicted molar refractivity (Wildman–Crippen MR) is 140 cm³/mol. The zero-order chi connectivity index (χ0) is 25.5. The van der Waals surface area contributed by atoms with Crippen molar-refractivity contribution in [2.75, 3.05) is 45.6 Å². The quantitative estimate of drug-likeness (QED) is 0.278. The number of fused-ring (bicyclic) bond motifs is 3. The van der Waals surface area contributed by atoms with Crippen LogP contribution in [0.15, 0.2) is 48.5 Å². The molecule has 4 aromatic rings. The predicted octanol–water partition coefficient (Wildman–Crippen LogP) is 2.50. The molecule has 0 aliphatic heterocycles. The van der Waals surface area contributed by atoms with Crippen LogP contribution in [0.2, 0.25) is 0 Å².